The largest absolute Gasteiger partial charge is 0.490 e. The van der Waals surface area contributed by atoms with Crippen molar-refractivity contribution in [3.05, 3.63) is 45.4 Å². The fourth-order valence-electron chi connectivity index (χ4n) is 2.98. The van der Waals surface area contributed by atoms with Gasteiger partial charge < -0.3 is 14.2 Å². The van der Waals surface area contributed by atoms with Crippen LogP contribution in [0.2, 0.25) is 5.02 Å². The van der Waals surface area contributed by atoms with E-state index in [4.69, 9.17) is 25.8 Å². The minimum Gasteiger partial charge on any atom is -0.490 e. The van der Waals surface area contributed by atoms with Crippen LogP contribution in [-0.2, 0) is 14.3 Å². The van der Waals surface area contributed by atoms with Gasteiger partial charge in [-0.25, -0.2) is 4.39 Å². The molecule has 0 radical (unpaired) electrons. The molecule has 0 fully saturated rings. The highest BCUT2D eigenvalue weighted by atomic mass is 35.5. The van der Waals surface area contributed by atoms with Crippen molar-refractivity contribution in [2.24, 2.45) is 0 Å². The minimum atomic E-state index is -0.583. The Labute approximate surface area is 170 Å². The van der Waals surface area contributed by atoms with Crippen molar-refractivity contribution in [1.29, 1.82) is 0 Å². The van der Waals surface area contributed by atoms with Gasteiger partial charge in [-0.15, -0.1) is 0 Å². The number of amides is 1. The van der Waals surface area contributed by atoms with Crippen molar-refractivity contribution in [3.63, 3.8) is 0 Å². The zero-order valence-corrected chi connectivity index (χ0v) is 17.8. The summed E-state index contributed by atoms with van der Waals surface area (Å²) in [6.07, 6.45) is 0. The number of hydrogen-bond donors (Lipinski definition) is 0. The van der Waals surface area contributed by atoms with E-state index in [1.165, 1.54) is 17.0 Å². The number of ether oxygens (including phenoxy) is 3. The van der Waals surface area contributed by atoms with Gasteiger partial charge in [-0.05, 0) is 46.3 Å². The van der Waals surface area contributed by atoms with E-state index in [-0.39, 0.29) is 23.2 Å². The van der Waals surface area contributed by atoms with Crippen LogP contribution in [0.15, 0.2) is 34.5 Å². The third-order valence-corrected chi connectivity index (χ3v) is 4.74. The number of benzene rings is 1. The Balaban J connectivity index is 2.17. The number of rotatable bonds is 9. The quantitative estimate of drug-likeness (QED) is 0.543. The third-order valence-electron chi connectivity index (χ3n) is 4.44. The Morgan fingerprint density at radius 2 is 1.71 bits per heavy atom. The molecule has 0 saturated heterocycles. The number of halogens is 2. The van der Waals surface area contributed by atoms with E-state index in [2.05, 4.69) is 0 Å². The molecule has 0 bridgehead atoms. The summed E-state index contributed by atoms with van der Waals surface area (Å²) in [7, 11) is 0. The monoisotopic (exact) mass is 411 g/mol. The molecule has 0 aliphatic carbocycles. The van der Waals surface area contributed by atoms with Crippen LogP contribution >= 0.6 is 11.6 Å². The number of hydrogen-bond acceptors (Lipinski definition) is 4. The van der Waals surface area contributed by atoms with Crippen molar-refractivity contribution in [2.75, 3.05) is 37.9 Å². The first kappa shape index (κ1) is 22.4. The Kier molecular flexibility index (Phi) is 8.04. The summed E-state index contributed by atoms with van der Waals surface area (Å²) in [5.41, 5.74) is 3.17. The molecule has 1 aromatic carbocycles. The fraction of sp³-hybridized carbons (Fsp3) is 0.476. The highest BCUT2D eigenvalue weighted by Gasteiger charge is 2.34. The summed E-state index contributed by atoms with van der Waals surface area (Å²) in [4.78, 5) is 14.1. The molecule has 0 unspecified atom stereocenters. The molecule has 0 aromatic heterocycles. The van der Waals surface area contributed by atoms with Gasteiger partial charge in [0.15, 0.2) is 0 Å². The van der Waals surface area contributed by atoms with Crippen LogP contribution in [0.3, 0.4) is 0 Å². The second-order valence-corrected chi connectivity index (χ2v) is 7.04. The van der Waals surface area contributed by atoms with Gasteiger partial charge >= 0.3 is 0 Å². The zero-order valence-electron chi connectivity index (χ0n) is 17.0. The van der Waals surface area contributed by atoms with Crippen molar-refractivity contribution in [2.45, 2.75) is 34.6 Å². The smallest absolute Gasteiger partial charge is 0.258 e. The Hall–Kier alpha value is -1.89. The van der Waals surface area contributed by atoms with Crippen LogP contribution in [0.25, 0.3) is 0 Å². The normalized spacial score (nSPS) is 14.3. The van der Waals surface area contributed by atoms with Gasteiger partial charge in [0.2, 0.25) is 0 Å². The lowest BCUT2D eigenvalue weighted by Gasteiger charge is -2.23. The molecular formula is C21H27ClFNO4. The molecule has 0 N–H and O–H groups in total. The van der Waals surface area contributed by atoms with Gasteiger partial charge in [-0.3, -0.25) is 9.69 Å². The number of allylic oxidation sites excluding steroid dienone is 2. The lowest BCUT2D eigenvalue weighted by atomic mass is 10.1. The average Bonchev–Trinajstić information content (AvgIpc) is 2.86. The standard InChI is InChI=1S/C21H27ClFNO4/c1-6-26-7-8-27-9-10-28-19-12-18(17(23)11-16(19)22)24-20(13(2)3)14(4)15(5)21(24)25/h11-12H,6-10H2,1-5H3. The molecule has 28 heavy (non-hydrogen) atoms. The lowest BCUT2D eigenvalue weighted by Crippen LogP contribution is -2.26. The number of carbonyl (C=O) groups is 1. The zero-order chi connectivity index (χ0) is 20.8. The Bertz CT molecular complexity index is 800. The lowest BCUT2D eigenvalue weighted by molar-refractivity contribution is -0.114. The number of carbonyl (C=O) groups excluding carboxylic acids is 1. The van der Waals surface area contributed by atoms with E-state index < -0.39 is 5.82 Å². The van der Waals surface area contributed by atoms with Crippen LogP contribution in [0.1, 0.15) is 34.6 Å². The summed E-state index contributed by atoms with van der Waals surface area (Å²) >= 11 is 6.13. The second-order valence-electron chi connectivity index (χ2n) is 6.63. The predicted octanol–water partition coefficient (Wildman–Crippen LogP) is 4.89. The third kappa shape index (κ3) is 4.93. The molecule has 1 aromatic rings. The van der Waals surface area contributed by atoms with Crippen molar-refractivity contribution in [3.8, 4) is 5.75 Å². The summed E-state index contributed by atoms with van der Waals surface area (Å²) in [6, 6.07) is 2.63. The Morgan fingerprint density at radius 1 is 1.07 bits per heavy atom. The maximum atomic E-state index is 14.7. The molecule has 154 valence electrons. The first-order chi connectivity index (χ1) is 13.3. The highest BCUT2D eigenvalue weighted by molar-refractivity contribution is 6.32. The van der Waals surface area contributed by atoms with E-state index in [0.717, 1.165) is 11.1 Å². The maximum absolute atomic E-state index is 14.7. The summed E-state index contributed by atoms with van der Waals surface area (Å²) in [6.45, 7) is 11.5. The summed E-state index contributed by atoms with van der Waals surface area (Å²) in [5, 5.41) is 0.141. The predicted molar refractivity (Wildman–Crippen MR) is 108 cm³/mol. The van der Waals surface area contributed by atoms with Crippen LogP contribution < -0.4 is 9.64 Å². The van der Waals surface area contributed by atoms with E-state index in [9.17, 15) is 9.18 Å². The van der Waals surface area contributed by atoms with Gasteiger partial charge in [0.05, 0.1) is 36.2 Å². The van der Waals surface area contributed by atoms with Crippen LogP contribution in [0, 0.1) is 5.82 Å². The van der Waals surface area contributed by atoms with Crippen LogP contribution in [0.5, 0.6) is 5.75 Å². The molecule has 7 heteroatoms. The molecule has 2 rings (SSSR count). The average molecular weight is 412 g/mol. The molecule has 1 aliphatic rings. The van der Waals surface area contributed by atoms with Gasteiger partial charge in [0.25, 0.3) is 5.91 Å². The fourth-order valence-corrected chi connectivity index (χ4v) is 3.18. The van der Waals surface area contributed by atoms with Crippen LogP contribution in [-0.4, -0.2) is 38.9 Å². The number of anilines is 1. The molecule has 0 spiro atoms. The molecular weight excluding hydrogens is 385 g/mol. The second kappa shape index (κ2) is 10.0. The van der Waals surface area contributed by atoms with Gasteiger partial charge in [-0.2, -0.15) is 0 Å². The van der Waals surface area contributed by atoms with Crippen molar-refractivity contribution >= 4 is 23.2 Å². The van der Waals surface area contributed by atoms with Gasteiger partial charge in [-0.1, -0.05) is 17.2 Å². The van der Waals surface area contributed by atoms with Gasteiger partial charge in [0.1, 0.15) is 18.2 Å². The van der Waals surface area contributed by atoms with E-state index in [0.29, 0.717) is 43.4 Å². The maximum Gasteiger partial charge on any atom is 0.258 e. The molecule has 1 aliphatic heterocycles. The van der Waals surface area contributed by atoms with Crippen LogP contribution in [0.4, 0.5) is 10.1 Å². The van der Waals surface area contributed by atoms with Crippen molar-refractivity contribution < 1.29 is 23.4 Å². The first-order valence-electron chi connectivity index (χ1n) is 9.26. The topological polar surface area (TPSA) is 48.0 Å². The SMILES string of the molecule is CCOCCOCCOc1cc(N2C(=O)C(C)=C(C)C2=C(C)C)c(F)cc1Cl. The molecule has 1 heterocycles. The molecule has 0 atom stereocenters. The highest BCUT2D eigenvalue weighted by Crippen LogP contribution is 2.40. The van der Waals surface area contributed by atoms with E-state index in [1.54, 1.807) is 6.92 Å². The molecule has 1 amide bonds. The van der Waals surface area contributed by atoms with E-state index >= 15 is 0 Å². The summed E-state index contributed by atoms with van der Waals surface area (Å²) < 4.78 is 30.9. The summed E-state index contributed by atoms with van der Waals surface area (Å²) in [5.74, 6) is -0.533. The van der Waals surface area contributed by atoms with Crippen molar-refractivity contribution in [1.82, 2.24) is 0 Å². The molecule has 0 saturated carbocycles. The first-order valence-corrected chi connectivity index (χ1v) is 9.64. The molecule has 5 nitrogen and oxygen atoms in total. The minimum absolute atomic E-state index is 0.120. The Morgan fingerprint density at radius 3 is 2.36 bits per heavy atom. The van der Waals surface area contributed by atoms with E-state index in [1.807, 2.05) is 27.7 Å². The van der Waals surface area contributed by atoms with Gasteiger partial charge in [0, 0.05) is 18.2 Å². The number of nitrogens with zero attached hydrogens (tertiary/aromatic N) is 1.